The normalized spacial score (nSPS) is 25.5. The van der Waals surface area contributed by atoms with Crippen LogP contribution in [-0.2, 0) is 9.59 Å². The molecule has 154 valence electrons. The van der Waals surface area contributed by atoms with Gasteiger partial charge in [0.2, 0.25) is 11.8 Å². The van der Waals surface area contributed by atoms with Crippen LogP contribution in [0.5, 0.6) is 0 Å². The van der Waals surface area contributed by atoms with E-state index in [1.165, 1.54) is 5.56 Å². The van der Waals surface area contributed by atoms with Crippen molar-refractivity contribution in [3.8, 4) is 0 Å². The van der Waals surface area contributed by atoms with Crippen molar-refractivity contribution >= 4 is 11.8 Å². The van der Waals surface area contributed by atoms with Gasteiger partial charge in [0.15, 0.2) is 0 Å². The highest BCUT2D eigenvalue weighted by Gasteiger charge is 2.35. The molecule has 0 aromatic heterocycles. The summed E-state index contributed by atoms with van der Waals surface area (Å²) in [6.45, 7) is 1.39. The minimum atomic E-state index is -4.49. The maximum Gasteiger partial charge on any atom is 0.397 e. The number of nitrogens with one attached hydrogen (secondary N) is 1. The van der Waals surface area contributed by atoms with Crippen molar-refractivity contribution in [1.82, 2.24) is 10.2 Å². The summed E-state index contributed by atoms with van der Waals surface area (Å²) in [7, 11) is 0. The number of nitrogens with zero attached hydrogens (tertiary/aromatic N) is 1. The van der Waals surface area contributed by atoms with Gasteiger partial charge in [0.1, 0.15) is 6.42 Å². The van der Waals surface area contributed by atoms with Crippen molar-refractivity contribution < 1.29 is 22.8 Å². The Balaban J connectivity index is 1.47. The predicted octanol–water partition coefficient (Wildman–Crippen LogP) is 3.88. The minimum absolute atomic E-state index is 0.0150. The monoisotopic (exact) mass is 396 g/mol. The first-order valence-electron chi connectivity index (χ1n) is 9.99. The van der Waals surface area contributed by atoms with Crippen LogP contribution in [0.4, 0.5) is 13.2 Å². The molecule has 1 unspecified atom stereocenters. The lowest BCUT2D eigenvalue weighted by Crippen LogP contribution is -2.45. The molecule has 1 aliphatic heterocycles. The summed E-state index contributed by atoms with van der Waals surface area (Å²) < 4.78 is 36.8. The molecule has 4 nitrogen and oxygen atoms in total. The van der Waals surface area contributed by atoms with Gasteiger partial charge in [-0.15, -0.1) is 0 Å². The van der Waals surface area contributed by atoms with E-state index >= 15 is 0 Å². The molecule has 1 aromatic rings. The number of hydrogen-bond donors (Lipinski definition) is 1. The Kier molecular flexibility index (Phi) is 6.62. The standard InChI is InChI=1S/C21H27F3N2O2/c22-21(23,24)12-19(27)25-13-15-5-4-10-26(14-15)20(28)18-9-8-17(11-18)16-6-2-1-3-7-16/h1-3,6-7,15,17-18H,4-5,8-14H2,(H,25,27)/t15?,17-,18-/m1/s1. The quantitative estimate of drug-likeness (QED) is 0.821. The third kappa shape index (κ3) is 5.72. The molecule has 1 saturated heterocycles. The second-order valence-electron chi connectivity index (χ2n) is 8.01. The highest BCUT2D eigenvalue weighted by molar-refractivity contribution is 5.79. The number of piperidine rings is 1. The first kappa shape index (κ1) is 20.7. The largest absolute Gasteiger partial charge is 0.397 e. The molecular weight excluding hydrogens is 369 g/mol. The fourth-order valence-electron chi connectivity index (χ4n) is 4.43. The number of carbonyl (C=O) groups is 2. The van der Waals surface area contributed by atoms with E-state index in [0.717, 1.165) is 32.1 Å². The number of benzene rings is 1. The van der Waals surface area contributed by atoms with Gasteiger partial charge in [0.05, 0.1) is 0 Å². The van der Waals surface area contributed by atoms with Gasteiger partial charge in [-0.3, -0.25) is 9.59 Å². The maximum absolute atomic E-state index is 12.9. The Morgan fingerprint density at radius 2 is 1.86 bits per heavy atom. The van der Waals surface area contributed by atoms with E-state index in [-0.39, 0.29) is 24.3 Å². The van der Waals surface area contributed by atoms with E-state index in [4.69, 9.17) is 0 Å². The molecule has 28 heavy (non-hydrogen) atoms. The van der Waals surface area contributed by atoms with Crippen molar-refractivity contribution in [3.63, 3.8) is 0 Å². The van der Waals surface area contributed by atoms with Gasteiger partial charge in [-0.2, -0.15) is 13.2 Å². The molecule has 1 heterocycles. The van der Waals surface area contributed by atoms with Crippen molar-refractivity contribution in [1.29, 1.82) is 0 Å². The smallest absolute Gasteiger partial charge is 0.355 e. The lowest BCUT2D eigenvalue weighted by Gasteiger charge is -2.34. The number of rotatable bonds is 5. The SMILES string of the molecule is O=C(CC(F)(F)F)NCC1CCCN(C(=O)[C@@H]2CC[C@@H](c3ccccc3)C2)C1. The fourth-order valence-corrected chi connectivity index (χ4v) is 4.43. The van der Waals surface area contributed by atoms with E-state index < -0.39 is 18.5 Å². The molecule has 2 aliphatic rings. The lowest BCUT2D eigenvalue weighted by molar-refractivity contribution is -0.153. The van der Waals surface area contributed by atoms with Crippen LogP contribution >= 0.6 is 0 Å². The zero-order valence-corrected chi connectivity index (χ0v) is 15.9. The molecule has 2 fully saturated rings. The number of likely N-dealkylation sites (tertiary alicyclic amines) is 1. The predicted molar refractivity (Wildman–Crippen MR) is 99.5 cm³/mol. The van der Waals surface area contributed by atoms with E-state index in [1.807, 2.05) is 23.1 Å². The zero-order chi connectivity index (χ0) is 20.1. The van der Waals surface area contributed by atoms with Gasteiger partial charge in [0.25, 0.3) is 0 Å². The average molecular weight is 396 g/mol. The van der Waals surface area contributed by atoms with E-state index in [1.54, 1.807) is 0 Å². The van der Waals surface area contributed by atoms with Crippen molar-refractivity contribution in [2.45, 2.75) is 50.6 Å². The van der Waals surface area contributed by atoms with E-state index in [0.29, 0.717) is 19.0 Å². The second kappa shape index (κ2) is 8.97. The lowest BCUT2D eigenvalue weighted by atomic mass is 9.94. The van der Waals surface area contributed by atoms with Crippen LogP contribution in [-0.4, -0.2) is 42.5 Å². The molecule has 7 heteroatoms. The molecular formula is C21H27F3N2O2. The molecule has 1 aliphatic carbocycles. The maximum atomic E-state index is 12.9. The summed E-state index contributed by atoms with van der Waals surface area (Å²) in [6.07, 6.45) is -1.57. The van der Waals surface area contributed by atoms with Gasteiger partial charge in [-0.05, 0) is 49.5 Å². The molecule has 0 spiro atoms. The van der Waals surface area contributed by atoms with Crippen LogP contribution in [0, 0.1) is 11.8 Å². The van der Waals surface area contributed by atoms with Crippen molar-refractivity contribution in [3.05, 3.63) is 35.9 Å². The molecule has 3 rings (SSSR count). The summed E-state index contributed by atoms with van der Waals surface area (Å²) in [5.41, 5.74) is 1.28. The average Bonchev–Trinajstić information content (AvgIpc) is 3.15. The van der Waals surface area contributed by atoms with Gasteiger partial charge < -0.3 is 10.2 Å². The minimum Gasteiger partial charge on any atom is -0.355 e. The van der Waals surface area contributed by atoms with Crippen LogP contribution in [0.25, 0.3) is 0 Å². The van der Waals surface area contributed by atoms with Crippen molar-refractivity contribution in [2.24, 2.45) is 11.8 Å². The Hall–Kier alpha value is -2.05. The Bertz CT molecular complexity index is 678. The summed E-state index contributed by atoms with van der Waals surface area (Å²) in [5, 5.41) is 2.37. The highest BCUT2D eigenvalue weighted by Crippen LogP contribution is 2.39. The molecule has 0 bridgehead atoms. The van der Waals surface area contributed by atoms with Crippen LogP contribution in [0.3, 0.4) is 0 Å². The Labute approximate surface area is 163 Å². The third-order valence-corrected chi connectivity index (χ3v) is 5.83. The summed E-state index contributed by atoms with van der Waals surface area (Å²) in [5.74, 6) is -0.399. The summed E-state index contributed by atoms with van der Waals surface area (Å²) in [4.78, 5) is 26.2. The zero-order valence-electron chi connectivity index (χ0n) is 15.9. The van der Waals surface area contributed by atoms with Gasteiger partial charge in [0, 0.05) is 25.6 Å². The van der Waals surface area contributed by atoms with Crippen LogP contribution in [0.1, 0.15) is 50.0 Å². The molecule has 1 aromatic carbocycles. The molecule has 1 saturated carbocycles. The van der Waals surface area contributed by atoms with Gasteiger partial charge in [-0.1, -0.05) is 30.3 Å². The van der Waals surface area contributed by atoms with Crippen molar-refractivity contribution in [2.75, 3.05) is 19.6 Å². The summed E-state index contributed by atoms with van der Waals surface area (Å²) >= 11 is 0. The number of halogens is 3. The number of hydrogen-bond acceptors (Lipinski definition) is 2. The van der Waals surface area contributed by atoms with E-state index in [9.17, 15) is 22.8 Å². The molecule has 0 radical (unpaired) electrons. The highest BCUT2D eigenvalue weighted by atomic mass is 19.4. The summed E-state index contributed by atoms with van der Waals surface area (Å²) in [6, 6.07) is 10.2. The number of amides is 2. The van der Waals surface area contributed by atoms with Gasteiger partial charge in [-0.25, -0.2) is 0 Å². The van der Waals surface area contributed by atoms with E-state index in [2.05, 4.69) is 17.4 Å². The molecule has 3 atom stereocenters. The third-order valence-electron chi connectivity index (χ3n) is 5.83. The van der Waals surface area contributed by atoms with Gasteiger partial charge >= 0.3 is 6.18 Å². The van der Waals surface area contributed by atoms with Crippen LogP contribution in [0.2, 0.25) is 0 Å². The Morgan fingerprint density at radius 1 is 1.11 bits per heavy atom. The number of carbonyl (C=O) groups excluding carboxylic acids is 2. The fraction of sp³-hybridized carbons (Fsp3) is 0.619. The Morgan fingerprint density at radius 3 is 2.57 bits per heavy atom. The number of alkyl halides is 3. The second-order valence-corrected chi connectivity index (χ2v) is 8.01. The first-order valence-corrected chi connectivity index (χ1v) is 9.99. The topological polar surface area (TPSA) is 49.4 Å². The first-order chi connectivity index (χ1) is 13.3. The van der Waals surface area contributed by atoms with Crippen LogP contribution in [0.15, 0.2) is 30.3 Å². The molecule has 1 N–H and O–H groups in total. The van der Waals surface area contributed by atoms with Crippen LogP contribution < -0.4 is 5.32 Å². The molecule has 2 amide bonds.